The number of nitrogens with zero attached hydrogens (tertiary/aromatic N) is 3. The van der Waals surface area contributed by atoms with Gasteiger partial charge in [0.1, 0.15) is 11.5 Å². The second-order valence-corrected chi connectivity index (χ2v) is 5.37. The molecule has 0 saturated heterocycles. The SMILES string of the molecule is Cc1c(-c2ccco2)nn2ccc(NCc3ccccc3)nc12. The smallest absolute Gasteiger partial charge is 0.160 e. The predicted molar refractivity (Wildman–Crippen MR) is 89.2 cm³/mol. The monoisotopic (exact) mass is 304 g/mol. The van der Waals surface area contributed by atoms with Crippen LogP contribution in [-0.4, -0.2) is 14.6 Å². The van der Waals surface area contributed by atoms with Crippen molar-refractivity contribution < 1.29 is 4.42 Å². The Hall–Kier alpha value is -3.08. The zero-order valence-corrected chi connectivity index (χ0v) is 12.7. The number of hydrogen-bond acceptors (Lipinski definition) is 4. The molecule has 5 heteroatoms. The molecule has 0 aliphatic carbocycles. The van der Waals surface area contributed by atoms with E-state index in [4.69, 9.17) is 4.42 Å². The van der Waals surface area contributed by atoms with Crippen LogP contribution in [0.2, 0.25) is 0 Å². The van der Waals surface area contributed by atoms with Crippen molar-refractivity contribution in [1.29, 1.82) is 0 Å². The first-order valence-corrected chi connectivity index (χ1v) is 7.49. The lowest BCUT2D eigenvalue weighted by Crippen LogP contribution is -2.02. The largest absolute Gasteiger partial charge is 0.463 e. The number of fused-ring (bicyclic) bond motifs is 1. The first-order chi connectivity index (χ1) is 11.3. The van der Waals surface area contributed by atoms with Gasteiger partial charge in [0.15, 0.2) is 11.4 Å². The third kappa shape index (κ3) is 2.57. The third-order valence-corrected chi connectivity index (χ3v) is 3.79. The van der Waals surface area contributed by atoms with Gasteiger partial charge in [-0.2, -0.15) is 5.10 Å². The maximum absolute atomic E-state index is 5.45. The normalized spacial score (nSPS) is 11.0. The number of rotatable bonds is 4. The number of hydrogen-bond donors (Lipinski definition) is 1. The summed E-state index contributed by atoms with van der Waals surface area (Å²) in [6.45, 7) is 2.75. The van der Waals surface area contributed by atoms with Crippen LogP contribution in [0, 0.1) is 6.92 Å². The van der Waals surface area contributed by atoms with Gasteiger partial charge in [-0.1, -0.05) is 30.3 Å². The van der Waals surface area contributed by atoms with E-state index in [1.807, 2.05) is 49.5 Å². The van der Waals surface area contributed by atoms with E-state index in [2.05, 4.69) is 27.5 Å². The van der Waals surface area contributed by atoms with Crippen LogP contribution in [0.4, 0.5) is 5.82 Å². The fourth-order valence-electron chi connectivity index (χ4n) is 2.57. The van der Waals surface area contributed by atoms with E-state index in [1.165, 1.54) is 5.56 Å². The molecule has 0 amide bonds. The Bertz CT molecular complexity index is 926. The highest BCUT2D eigenvalue weighted by Gasteiger charge is 2.14. The molecule has 1 aromatic carbocycles. The summed E-state index contributed by atoms with van der Waals surface area (Å²) < 4.78 is 7.22. The van der Waals surface area contributed by atoms with Gasteiger partial charge < -0.3 is 9.73 Å². The van der Waals surface area contributed by atoms with E-state index in [0.717, 1.165) is 35.0 Å². The molecular formula is C18H16N4O. The maximum atomic E-state index is 5.45. The van der Waals surface area contributed by atoms with E-state index in [0.29, 0.717) is 0 Å². The van der Waals surface area contributed by atoms with Crippen LogP contribution >= 0.6 is 0 Å². The van der Waals surface area contributed by atoms with Gasteiger partial charge in [0.25, 0.3) is 0 Å². The van der Waals surface area contributed by atoms with E-state index in [9.17, 15) is 0 Å². The molecule has 4 rings (SSSR count). The van der Waals surface area contributed by atoms with Crippen molar-refractivity contribution in [3.8, 4) is 11.5 Å². The van der Waals surface area contributed by atoms with Crippen molar-refractivity contribution >= 4 is 11.5 Å². The van der Waals surface area contributed by atoms with Crippen molar-refractivity contribution in [2.24, 2.45) is 0 Å². The Labute approximate surface area is 133 Å². The summed E-state index contributed by atoms with van der Waals surface area (Å²) >= 11 is 0. The lowest BCUT2D eigenvalue weighted by Gasteiger charge is -2.06. The van der Waals surface area contributed by atoms with Crippen molar-refractivity contribution in [2.45, 2.75) is 13.5 Å². The van der Waals surface area contributed by atoms with E-state index in [-0.39, 0.29) is 0 Å². The van der Waals surface area contributed by atoms with Gasteiger partial charge in [-0.25, -0.2) is 9.50 Å². The van der Waals surface area contributed by atoms with Gasteiger partial charge in [-0.3, -0.25) is 0 Å². The standard InChI is InChI=1S/C18H16N4O/c1-13-17(15-8-5-11-23-15)21-22-10-9-16(20-18(13)22)19-12-14-6-3-2-4-7-14/h2-11H,12H2,1H3,(H,19,20). The summed E-state index contributed by atoms with van der Waals surface area (Å²) in [4.78, 5) is 4.67. The lowest BCUT2D eigenvalue weighted by atomic mass is 10.2. The molecule has 0 radical (unpaired) electrons. The average Bonchev–Trinajstić information content (AvgIpc) is 3.22. The van der Waals surface area contributed by atoms with Crippen molar-refractivity contribution in [2.75, 3.05) is 5.32 Å². The van der Waals surface area contributed by atoms with Gasteiger partial charge in [0.2, 0.25) is 0 Å². The fourth-order valence-corrected chi connectivity index (χ4v) is 2.57. The second kappa shape index (κ2) is 5.61. The lowest BCUT2D eigenvalue weighted by molar-refractivity contribution is 0.579. The molecule has 0 aliphatic heterocycles. The third-order valence-electron chi connectivity index (χ3n) is 3.79. The van der Waals surface area contributed by atoms with Crippen LogP contribution in [0.1, 0.15) is 11.1 Å². The molecular weight excluding hydrogens is 288 g/mol. The highest BCUT2D eigenvalue weighted by Crippen LogP contribution is 2.25. The minimum absolute atomic E-state index is 0.738. The summed E-state index contributed by atoms with van der Waals surface area (Å²) in [7, 11) is 0. The minimum Gasteiger partial charge on any atom is -0.463 e. The van der Waals surface area contributed by atoms with E-state index >= 15 is 0 Å². The predicted octanol–water partition coefficient (Wildman–Crippen LogP) is 3.91. The molecule has 3 heterocycles. The van der Waals surface area contributed by atoms with E-state index in [1.54, 1.807) is 10.8 Å². The summed E-state index contributed by atoms with van der Waals surface area (Å²) in [5.74, 6) is 1.59. The first-order valence-electron chi connectivity index (χ1n) is 7.49. The van der Waals surface area contributed by atoms with Gasteiger partial charge >= 0.3 is 0 Å². The Morgan fingerprint density at radius 1 is 1.09 bits per heavy atom. The van der Waals surface area contributed by atoms with Crippen LogP contribution in [0.5, 0.6) is 0 Å². The highest BCUT2D eigenvalue weighted by atomic mass is 16.3. The van der Waals surface area contributed by atoms with Gasteiger partial charge in [-0.05, 0) is 30.7 Å². The van der Waals surface area contributed by atoms with Crippen LogP contribution in [0.15, 0.2) is 65.4 Å². The van der Waals surface area contributed by atoms with Crippen molar-refractivity contribution in [3.63, 3.8) is 0 Å². The molecule has 23 heavy (non-hydrogen) atoms. The van der Waals surface area contributed by atoms with Gasteiger partial charge in [0, 0.05) is 18.3 Å². The van der Waals surface area contributed by atoms with Crippen LogP contribution in [-0.2, 0) is 6.54 Å². The summed E-state index contributed by atoms with van der Waals surface area (Å²) in [6, 6.07) is 15.9. The number of aryl methyl sites for hydroxylation is 1. The Kier molecular flexibility index (Phi) is 3.31. The highest BCUT2D eigenvalue weighted by molar-refractivity contribution is 5.67. The molecule has 0 fully saturated rings. The average molecular weight is 304 g/mol. The van der Waals surface area contributed by atoms with E-state index < -0.39 is 0 Å². The maximum Gasteiger partial charge on any atom is 0.160 e. The second-order valence-electron chi connectivity index (χ2n) is 5.37. The Balaban J connectivity index is 1.64. The topological polar surface area (TPSA) is 55.4 Å². The number of anilines is 1. The Morgan fingerprint density at radius 3 is 2.74 bits per heavy atom. The molecule has 0 unspecified atom stereocenters. The molecule has 1 N–H and O–H groups in total. The van der Waals surface area contributed by atoms with Gasteiger partial charge in [0.05, 0.1) is 6.26 Å². The molecule has 3 aromatic heterocycles. The number of benzene rings is 1. The number of furan rings is 1. The van der Waals surface area contributed by atoms with Crippen LogP contribution in [0.25, 0.3) is 17.1 Å². The molecule has 0 aliphatic rings. The van der Waals surface area contributed by atoms with Gasteiger partial charge in [-0.15, -0.1) is 0 Å². The molecule has 0 saturated carbocycles. The molecule has 5 nitrogen and oxygen atoms in total. The summed E-state index contributed by atoms with van der Waals surface area (Å²) in [6.07, 6.45) is 3.56. The summed E-state index contributed by atoms with van der Waals surface area (Å²) in [5, 5.41) is 7.90. The molecule has 4 aromatic rings. The van der Waals surface area contributed by atoms with Crippen LogP contribution < -0.4 is 5.32 Å². The molecule has 0 spiro atoms. The van der Waals surface area contributed by atoms with Crippen molar-refractivity contribution in [3.05, 3.63) is 72.1 Å². The van der Waals surface area contributed by atoms with Crippen LogP contribution in [0.3, 0.4) is 0 Å². The zero-order valence-electron chi connectivity index (χ0n) is 12.7. The fraction of sp³-hybridized carbons (Fsp3) is 0.111. The molecule has 0 bridgehead atoms. The van der Waals surface area contributed by atoms with Crippen molar-refractivity contribution in [1.82, 2.24) is 14.6 Å². The quantitative estimate of drug-likeness (QED) is 0.621. The minimum atomic E-state index is 0.738. The zero-order chi connectivity index (χ0) is 15.6. The first kappa shape index (κ1) is 13.6. The molecule has 0 atom stereocenters. The molecule has 114 valence electrons. The Morgan fingerprint density at radius 2 is 1.96 bits per heavy atom. The number of aromatic nitrogens is 3. The summed E-state index contributed by atoms with van der Waals surface area (Å²) in [5.41, 5.74) is 3.87. The number of nitrogens with one attached hydrogen (secondary N) is 1.